The molecule has 0 atom stereocenters. The van der Waals surface area contributed by atoms with Crippen molar-refractivity contribution in [3.63, 3.8) is 0 Å². The summed E-state index contributed by atoms with van der Waals surface area (Å²) in [5.41, 5.74) is 3.41. The van der Waals surface area contributed by atoms with Gasteiger partial charge in [0.1, 0.15) is 11.6 Å². The van der Waals surface area contributed by atoms with Crippen molar-refractivity contribution in [1.29, 1.82) is 0 Å². The molecule has 0 bridgehead atoms. The Balaban J connectivity index is 0.000000686. The quantitative estimate of drug-likeness (QED) is 0.833. The molecule has 3 heteroatoms. The number of nitrogens with zero attached hydrogens (tertiary/aromatic N) is 1. The zero-order chi connectivity index (χ0) is 13.0. The summed E-state index contributed by atoms with van der Waals surface area (Å²) in [4.78, 5) is 7.65. The molecule has 0 radical (unpaired) electrons. The lowest BCUT2D eigenvalue weighted by Gasteiger charge is -2.03. The van der Waals surface area contributed by atoms with E-state index in [1.807, 2.05) is 34.6 Å². The van der Waals surface area contributed by atoms with Crippen molar-refractivity contribution in [3.05, 3.63) is 28.8 Å². The normalized spacial score (nSPS) is 10.2. The SMILES string of the molecule is CC.CCc1nc2c(C)cc(F)c(CC)c2[nH]1. The topological polar surface area (TPSA) is 28.7 Å². The minimum Gasteiger partial charge on any atom is -0.342 e. The van der Waals surface area contributed by atoms with Crippen LogP contribution in [0.1, 0.15) is 44.6 Å². The number of aromatic nitrogens is 2. The minimum atomic E-state index is -0.131. The third kappa shape index (κ3) is 2.48. The van der Waals surface area contributed by atoms with E-state index in [9.17, 15) is 4.39 Å². The van der Waals surface area contributed by atoms with Gasteiger partial charge in [0.05, 0.1) is 11.0 Å². The number of benzene rings is 1. The maximum Gasteiger partial charge on any atom is 0.128 e. The number of nitrogens with one attached hydrogen (secondary N) is 1. The van der Waals surface area contributed by atoms with Crippen molar-refractivity contribution >= 4 is 11.0 Å². The Morgan fingerprint density at radius 1 is 1.24 bits per heavy atom. The van der Waals surface area contributed by atoms with Crippen LogP contribution in [0.5, 0.6) is 0 Å². The summed E-state index contributed by atoms with van der Waals surface area (Å²) in [6.45, 7) is 9.89. The number of H-pyrrole nitrogens is 1. The summed E-state index contributed by atoms with van der Waals surface area (Å²) >= 11 is 0. The monoisotopic (exact) mass is 236 g/mol. The van der Waals surface area contributed by atoms with Crippen LogP contribution in [-0.4, -0.2) is 9.97 Å². The predicted molar refractivity (Wildman–Crippen MR) is 70.9 cm³/mol. The molecule has 2 nitrogen and oxygen atoms in total. The van der Waals surface area contributed by atoms with Gasteiger partial charge >= 0.3 is 0 Å². The van der Waals surface area contributed by atoms with E-state index >= 15 is 0 Å². The molecule has 2 aromatic rings. The van der Waals surface area contributed by atoms with Gasteiger partial charge in [-0.15, -0.1) is 0 Å². The Morgan fingerprint density at radius 3 is 2.41 bits per heavy atom. The fourth-order valence-corrected chi connectivity index (χ4v) is 1.90. The van der Waals surface area contributed by atoms with Gasteiger partial charge in [-0.3, -0.25) is 0 Å². The van der Waals surface area contributed by atoms with Gasteiger partial charge in [-0.2, -0.15) is 0 Å². The molecule has 0 aliphatic carbocycles. The van der Waals surface area contributed by atoms with Crippen LogP contribution in [0.25, 0.3) is 11.0 Å². The minimum absolute atomic E-state index is 0.131. The van der Waals surface area contributed by atoms with Gasteiger partial charge in [-0.25, -0.2) is 9.37 Å². The number of rotatable bonds is 2. The molecule has 1 heterocycles. The van der Waals surface area contributed by atoms with Gasteiger partial charge < -0.3 is 4.98 Å². The van der Waals surface area contributed by atoms with Gasteiger partial charge in [0.25, 0.3) is 0 Å². The molecule has 94 valence electrons. The molecule has 0 amide bonds. The summed E-state index contributed by atoms with van der Waals surface area (Å²) < 4.78 is 13.6. The number of aromatic amines is 1. The lowest BCUT2D eigenvalue weighted by Crippen LogP contribution is -1.92. The number of halogens is 1. The van der Waals surface area contributed by atoms with Crippen molar-refractivity contribution in [2.24, 2.45) is 0 Å². The molecule has 17 heavy (non-hydrogen) atoms. The first-order chi connectivity index (χ1) is 8.17. The molecule has 0 spiro atoms. The molecule has 2 rings (SSSR count). The number of imidazole rings is 1. The second-order valence-electron chi connectivity index (χ2n) is 3.77. The first kappa shape index (κ1) is 13.7. The van der Waals surface area contributed by atoms with Crippen LogP contribution in [0.4, 0.5) is 4.39 Å². The smallest absolute Gasteiger partial charge is 0.128 e. The summed E-state index contributed by atoms with van der Waals surface area (Å²) in [6, 6.07) is 1.57. The van der Waals surface area contributed by atoms with Crippen molar-refractivity contribution in [3.8, 4) is 0 Å². The lowest BCUT2D eigenvalue weighted by atomic mass is 10.1. The standard InChI is InChI=1S/C12H15FN2.C2H6/c1-4-8-9(13)6-7(3)11-12(8)15-10(5-2)14-11;1-2/h6H,4-5H2,1-3H3,(H,14,15);1-2H3. The Hall–Kier alpha value is -1.38. The van der Waals surface area contributed by atoms with Crippen molar-refractivity contribution in [2.45, 2.75) is 47.5 Å². The molecule has 0 aliphatic rings. The molecule has 0 unspecified atom stereocenters. The Bertz CT molecular complexity index is 500. The van der Waals surface area contributed by atoms with E-state index in [0.29, 0.717) is 6.42 Å². The second-order valence-corrected chi connectivity index (χ2v) is 3.77. The van der Waals surface area contributed by atoms with Crippen LogP contribution in [-0.2, 0) is 12.8 Å². The third-order valence-corrected chi connectivity index (χ3v) is 2.75. The lowest BCUT2D eigenvalue weighted by molar-refractivity contribution is 0.613. The van der Waals surface area contributed by atoms with Gasteiger partial charge in [-0.05, 0) is 25.0 Å². The number of hydrogen-bond acceptors (Lipinski definition) is 1. The van der Waals surface area contributed by atoms with Crippen LogP contribution >= 0.6 is 0 Å². The van der Waals surface area contributed by atoms with E-state index in [2.05, 4.69) is 9.97 Å². The van der Waals surface area contributed by atoms with Gasteiger partial charge in [-0.1, -0.05) is 27.7 Å². The van der Waals surface area contributed by atoms with E-state index in [1.54, 1.807) is 6.07 Å². The summed E-state index contributed by atoms with van der Waals surface area (Å²) in [5.74, 6) is 0.794. The number of aryl methyl sites for hydroxylation is 3. The van der Waals surface area contributed by atoms with E-state index < -0.39 is 0 Å². The molecule has 1 aromatic carbocycles. The highest BCUT2D eigenvalue weighted by Crippen LogP contribution is 2.24. The van der Waals surface area contributed by atoms with E-state index in [-0.39, 0.29) is 5.82 Å². The van der Waals surface area contributed by atoms with Gasteiger partial charge in [0.15, 0.2) is 0 Å². The maximum atomic E-state index is 13.6. The van der Waals surface area contributed by atoms with Crippen LogP contribution in [0.3, 0.4) is 0 Å². The van der Waals surface area contributed by atoms with Gasteiger partial charge in [0.2, 0.25) is 0 Å². The molecule has 1 aromatic heterocycles. The fourth-order valence-electron chi connectivity index (χ4n) is 1.90. The zero-order valence-electron chi connectivity index (χ0n) is 11.3. The highest BCUT2D eigenvalue weighted by molar-refractivity contribution is 5.82. The largest absolute Gasteiger partial charge is 0.342 e. The Kier molecular flexibility index (Phi) is 4.67. The van der Waals surface area contributed by atoms with Crippen LogP contribution in [0, 0.1) is 12.7 Å². The molecule has 0 saturated heterocycles. The fraction of sp³-hybridized carbons (Fsp3) is 0.500. The highest BCUT2D eigenvalue weighted by atomic mass is 19.1. The highest BCUT2D eigenvalue weighted by Gasteiger charge is 2.12. The first-order valence-corrected chi connectivity index (χ1v) is 6.33. The van der Waals surface area contributed by atoms with Crippen LogP contribution in [0.2, 0.25) is 0 Å². The molecule has 0 aliphatic heterocycles. The Labute approximate surface area is 102 Å². The average molecular weight is 236 g/mol. The van der Waals surface area contributed by atoms with Gasteiger partial charge in [0, 0.05) is 12.0 Å². The molecule has 1 N–H and O–H groups in total. The third-order valence-electron chi connectivity index (χ3n) is 2.75. The zero-order valence-corrected chi connectivity index (χ0v) is 11.3. The summed E-state index contributed by atoms with van der Waals surface area (Å²) in [7, 11) is 0. The van der Waals surface area contributed by atoms with Crippen LogP contribution in [0.15, 0.2) is 6.07 Å². The molecular weight excluding hydrogens is 215 g/mol. The number of hydrogen-bond donors (Lipinski definition) is 1. The molecule has 0 fully saturated rings. The van der Waals surface area contributed by atoms with Crippen molar-refractivity contribution < 1.29 is 4.39 Å². The predicted octanol–water partition coefficient (Wildman–Crippen LogP) is 4.16. The number of fused-ring (bicyclic) bond motifs is 1. The second kappa shape index (κ2) is 5.80. The molecular formula is C14H21FN2. The maximum absolute atomic E-state index is 13.6. The summed E-state index contributed by atoms with van der Waals surface area (Å²) in [6.07, 6.45) is 1.53. The Morgan fingerprint density at radius 2 is 1.88 bits per heavy atom. The first-order valence-electron chi connectivity index (χ1n) is 6.33. The van der Waals surface area contributed by atoms with E-state index in [1.165, 1.54) is 0 Å². The van der Waals surface area contributed by atoms with E-state index in [4.69, 9.17) is 0 Å². The molecule has 0 saturated carbocycles. The van der Waals surface area contributed by atoms with E-state index in [0.717, 1.165) is 34.4 Å². The van der Waals surface area contributed by atoms with Crippen LogP contribution < -0.4 is 0 Å². The van der Waals surface area contributed by atoms with Crippen molar-refractivity contribution in [2.75, 3.05) is 0 Å². The average Bonchev–Trinajstić information content (AvgIpc) is 2.76. The van der Waals surface area contributed by atoms with Crippen molar-refractivity contribution in [1.82, 2.24) is 9.97 Å². The summed E-state index contributed by atoms with van der Waals surface area (Å²) in [5, 5.41) is 0.